The molecular formula is C13H13F3N2O2. The number of nitrogens with zero attached hydrogens (tertiary/aromatic N) is 2. The first-order valence-corrected chi connectivity index (χ1v) is 5.89. The van der Waals surface area contributed by atoms with Gasteiger partial charge >= 0.3 is 6.36 Å². The monoisotopic (exact) mass is 286 g/mol. The van der Waals surface area contributed by atoms with E-state index >= 15 is 0 Å². The second kappa shape index (κ2) is 6.80. The molecule has 7 heteroatoms. The Morgan fingerprint density at radius 2 is 1.95 bits per heavy atom. The Morgan fingerprint density at radius 3 is 2.40 bits per heavy atom. The lowest BCUT2D eigenvalue weighted by Gasteiger charge is -2.18. The van der Waals surface area contributed by atoms with Crippen LogP contribution in [-0.4, -0.2) is 30.3 Å². The predicted molar refractivity (Wildman–Crippen MR) is 64.9 cm³/mol. The fourth-order valence-corrected chi connectivity index (χ4v) is 1.59. The van der Waals surface area contributed by atoms with Crippen LogP contribution in [0, 0.1) is 11.3 Å². The average Bonchev–Trinajstić information content (AvgIpc) is 2.37. The van der Waals surface area contributed by atoms with Gasteiger partial charge in [-0.15, -0.1) is 13.2 Å². The molecule has 0 aliphatic heterocycles. The molecule has 0 aromatic heterocycles. The maximum atomic E-state index is 12.0. The normalized spacial score (nSPS) is 10.8. The molecule has 0 aliphatic rings. The molecule has 0 unspecified atom stereocenters. The largest absolute Gasteiger partial charge is 0.573 e. The summed E-state index contributed by atoms with van der Waals surface area (Å²) < 4.78 is 39.7. The van der Waals surface area contributed by atoms with Crippen molar-refractivity contribution in [2.45, 2.75) is 19.7 Å². The van der Waals surface area contributed by atoms with Gasteiger partial charge in [0.15, 0.2) is 0 Å². The van der Waals surface area contributed by atoms with E-state index in [9.17, 15) is 18.0 Å². The molecule has 0 saturated carbocycles. The topological polar surface area (TPSA) is 53.3 Å². The predicted octanol–water partition coefficient (Wildman–Crippen LogP) is 2.96. The number of rotatable bonds is 5. The molecule has 1 amide bonds. The Morgan fingerprint density at radius 1 is 1.35 bits per heavy atom. The minimum absolute atomic E-state index is 0.0620. The number of benzene rings is 1. The number of halogens is 3. The Balaban J connectivity index is 2.81. The molecule has 0 aliphatic carbocycles. The van der Waals surface area contributed by atoms with Crippen LogP contribution in [0.15, 0.2) is 24.3 Å². The fraction of sp³-hybridized carbons (Fsp3) is 0.385. The molecule has 108 valence electrons. The third kappa shape index (κ3) is 4.80. The standard InChI is InChI=1S/C13H13F3N2O2/c1-2-8-18(9-7-17)12(19)10-3-5-11(6-4-10)20-13(14,15)16/h3-6H,2,8-9H2,1H3. The molecule has 1 aromatic rings. The first-order valence-electron chi connectivity index (χ1n) is 5.89. The third-order valence-electron chi connectivity index (χ3n) is 2.38. The zero-order chi connectivity index (χ0) is 15.2. The lowest BCUT2D eigenvalue weighted by atomic mass is 10.2. The van der Waals surface area contributed by atoms with Gasteiger partial charge < -0.3 is 9.64 Å². The first kappa shape index (κ1) is 15.8. The molecule has 1 rings (SSSR count). The van der Waals surface area contributed by atoms with Gasteiger partial charge in [0.2, 0.25) is 0 Å². The number of hydrogen-bond donors (Lipinski definition) is 0. The SMILES string of the molecule is CCCN(CC#N)C(=O)c1ccc(OC(F)(F)F)cc1. The number of amides is 1. The quantitative estimate of drug-likeness (QED) is 0.782. The van der Waals surface area contributed by atoms with E-state index in [-0.39, 0.29) is 12.1 Å². The van der Waals surface area contributed by atoms with E-state index in [1.165, 1.54) is 17.0 Å². The minimum atomic E-state index is -4.76. The van der Waals surface area contributed by atoms with Crippen molar-refractivity contribution >= 4 is 5.91 Å². The van der Waals surface area contributed by atoms with Crippen molar-refractivity contribution in [1.82, 2.24) is 4.90 Å². The summed E-state index contributed by atoms with van der Waals surface area (Å²) in [5.74, 6) is -0.789. The molecular weight excluding hydrogens is 273 g/mol. The lowest BCUT2D eigenvalue weighted by molar-refractivity contribution is -0.274. The summed E-state index contributed by atoms with van der Waals surface area (Å²) in [7, 11) is 0. The minimum Gasteiger partial charge on any atom is -0.406 e. The van der Waals surface area contributed by atoms with Gasteiger partial charge in [0, 0.05) is 12.1 Å². The zero-order valence-corrected chi connectivity index (χ0v) is 10.8. The van der Waals surface area contributed by atoms with E-state index in [1.807, 2.05) is 13.0 Å². The van der Waals surface area contributed by atoms with Crippen molar-refractivity contribution in [3.8, 4) is 11.8 Å². The number of carbonyl (C=O) groups is 1. The highest BCUT2D eigenvalue weighted by Crippen LogP contribution is 2.23. The van der Waals surface area contributed by atoms with Crippen molar-refractivity contribution in [1.29, 1.82) is 5.26 Å². The van der Waals surface area contributed by atoms with Crippen molar-refractivity contribution in [3.05, 3.63) is 29.8 Å². The average molecular weight is 286 g/mol. The van der Waals surface area contributed by atoms with Crippen LogP contribution in [0.4, 0.5) is 13.2 Å². The molecule has 20 heavy (non-hydrogen) atoms. The van der Waals surface area contributed by atoms with Crippen LogP contribution in [0.25, 0.3) is 0 Å². The van der Waals surface area contributed by atoms with Gasteiger partial charge in [-0.2, -0.15) is 5.26 Å². The van der Waals surface area contributed by atoms with Crippen LogP contribution in [0.1, 0.15) is 23.7 Å². The molecule has 0 atom stereocenters. The number of carbonyl (C=O) groups excluding carboxylic acids is 1. The summed E-state index contributed by atoms with van der Waals surface area (Å²) in [6.07, 6.45) is -4.08. The van der Waals surface area contributed by atoms with Crippen molar-refractivity contribution in [2.24, 2.45) is 0 Å². The molecule has 0 fully saturated rings. The summed E-state index contributed by atoms with van der Waals surface area (Å²) >= 11 is 0. The summed E-state index contributed by atoms with van der Waals surface area (Å²) in [5.41, 5.74) is 0.211. The second-order valence-electron chi connectivity index (χ2n) is 3.96. The Bertz CT molecular complexity index is 492. The highest BCUT2D eigenvalue weighted by molar-refractivity contribution is 5.94. The Kier molecular flexibility index (Phi) is 5.38. The molecule has 0 radical (unpaired) electrons. The van der Waals surface area contributed by atoms with E-state index in [0.717, 1.165) is 12.1 Å². The maximum Gasteiger partial charge on any atom is 0.573 e. The number of ether oxygens (including phenoxy) is 1. The second-order valence-corrected chi connectivity index (χ2v) is 3.96. The molecule has 0 N–H and O–H groups in total. The smallest absolute Gasteiger partial charge is 0.406 e. The highest BCUT2D eigenvalue weighted by Gasteiger charge is 2.31. The van der Waals surface area contributed by atoms with E-state index in [2.05, 4.69) is 4.74 Å². The maximum absolute atomic E-state index is 12.0. The van der Waals surface area contributed by atoms with Crippen LogP contribution in [-0.2, 0) is 0 Å². The van der Waals surface area contributed by atoms with Crippen LogP contribution >= 0.6 is 0 Å². The summed E-state index contributed by atoms with van der Waals surface area (Å²) in [6, 6.07) is 6.49. The number of hydrogen-bond acceptors (Lipinski definition) is 3. The lowest BCUT2D eigenvalue weighted by Crippen LogP contribution is -2.32. The van der Waals surface area contributed by atoms with Gasteiger partial charge in [-0.1, -0.05) is 6.92 Å². The van der Waals surface area contributed by atoms with Crippen molar-refractivity contribution in [3.63, 3.8) is 0 Å². The van der Waals surface area contributed by atoms with Crippen LogP contribution in [0.3, 0.4) is 0 Å². The molecule has 0 bridgehead atoms. The molecule has 1 aromatic carbocycles. The fourth-order valence-electron chi connectivity index (χ4n) is 1.59. The van der Waals surface area contributed by atoms with E-state index in [1.54, 1.807) is 0 Å². The highest BCUT2D eigenvalue weighted by atomic mass is 19.4. The Hall–Kier alpha value is -2.23. The van der Waals surface area contributed by atoms with E-state index in [4.69, 9.17) is 5.26 Å². The molecule has 0 spiro atoms. The van der Waals surface area contributed by atoms with Gasteiger partial charge in [0.25, 0.3) is 5.91 Å². The van der Waals surface area contributed by atoms with Crippen LogP contribution < -0.4 is 4.74 Å². The van der Waals surface area contributed by atoms with Gasteiger partial charge in [0.1, 0.15) is 12.3 Å². The van der Waals surface area contributed by atoms with E-state index < -0.39 is 18.0 Å². The first-order chi connectivity index (χ1) is 9.37. The number of nitriles is 1. The van der Waals surface area contributed by atoms with Crippen molar-refractivity contribution < 1.29 is 22.7 Å². The summed E-state index contributed by atoms with van der Waals surface area (Å²) in [6.45, 7) is 2.21. The van der Waals surface area contributed by atoms with Crippen molar-refractivity contribution in [2.75, 3.05) is 13.1 Å². The number of alkyl halides is 3. The van der Waals surface area contributed by atoms with Gasteiger partial charge in [-0.3, -0.25) is 4.79 Å². The van der Waals surface area contributed by atoms with Gasteiger partial charge in [-0.25, -0.2) is 0 Å². The molecule has 4 nitrogen and oxygen atoms in total. The summed E-state index contributed by atoms with van der Waals surface area (Å²) in [5, 5.41) is 8.64. The summed E-state index contributed by atoms with van der Waals surface area (Å²) in [4.78, 5) is 13.4. The van der Waals surface area contributed by atoms with Crippen LogP contribution in [0.2, 0.25) is 0 Å². The molecule has 0 saturated heterocycles. The van der Waals surface area contributed by atoms with E-state index in [0.29, 0.717) is 13.0 Å². The zero-order valence-electron chi connectivity index (χ0n) is 10.8. The van der Waals surface area contributed by atoms with Gasteiger partial charge in [0.05, 0.1) is 6.07 Å². The third-order valence-corrected chi connectivity index (χ3v) is 2.38. The van der Waals surface area contributed by atoms with Crippen LogP contribution in [0.5, 0.6) is 5.75 Å². The van der Waals surface area contributed by atoms with Gasteiger partial charge in [-0.05, 0) is 30.7 Å². The Labute approximate surface area is 114 Å². The molecule has 0 heterocycles.